The minimum absolute atomic E-state index is 0.0500. The van der Waals surface area contributed by atoms with E-state index < -0.39 is 0 Å². The molecular weight excluding hydrogens is 260 g/mol. The second kappa shape index (κ2) is 7.48. The maximum atomic E-state index is 11.9. The van der Waals surface area contributed by atoms with Gasteiger partial charge < -0.3 is 10.2 Å². The molecule has 21 heavy (non-hydrogen) atoms. The Hall–Kier alpha value is -2.29. The van der Waals surface area contributed by atoms with E-state index in [-0.39, 0.29) is 5.91 Å². The van der Waals surface area contributed by atoms with Gasteiger partial charge in [-0.2, -0.15) is 0 Å². The molecule has 0 saturated heterocycles. The molecule has 2 aromatic rings. The van der Waals surface area contributed by atoms with Crippen molar-refractivity contribution in [3.05, 3.63) is 65.7 Å². The van der Waals surface area contributed by atoms with Crippen molar-refractivity contribution in [2.75, 3.05) is 18.0 Å². The molecule has 0 aromatic heterocycles. The molecule has 0 fully saturated rings. The second-order valence-electron chi connectivity index (χ2n) is 5.13. The van der Waals surface area contributed by atoms with Gasteiger partial charge in [0.05, 0.1) is 6.54 Å². The van der Waals surface area contributed by atoms with Gasteiger partial charge >= 0.3 is 0 Å². The number of carbonyl (C=O) groups excluding carboxylic acids is 1. The van der Waals surface area contributed by atoms with Crippen LogP contribution in [0.25, 0.3) is 0 Å². The van der Waals surface area contributed by atoms with Crippen molar-refractivity contribution < 1.29 is 4.79 Å². The van der Waals surface area contributed by atoms with E-state index >= 15 is 0 Å². The highest BCUT2D eigenvalue weighted by Gasteiger charge is 2.11. The molecule has 110 valence electrons. The SMILES string of the molecule is CCNC(=O)CN(Cc1ccccc1)c1ccc(C)cc1. The Morgan fingerprint density at radius 3 is 2.33 bits per heavy atom. The Morgan fingerprint density at radius 1 is 1.05 bits per heavy atom. The highest BCUT2D eigenvalue weighted by atomic mass is 16.2. The predicted molar refractivity (Wildman–Crippen MR) is 87.4 cm³/mol. The van der Waals surface area contributed by atoms with Crippen LogP contribution in [-0.2, 0) is 11.3 Å². The zero-order chi connectivity index (χ0) is 15.1. The van der Waals surface area contributed by atoms with Gasteiger partial charge in [-0.3, -0.25) is 4.79 Å². The minimum atomic E-state index is 0.0500. The molecular formula is C18H22N2O. The molecule has 1 amide bonds. The second-order valence-corrected chi connectivity index (χ2v) is 5.13. The average molecular weight is 282 g/mol. The first-order valence-electron chi connectivity index (χ1n) is 7.31. The molecule has 0 saturated carbocycles. The minimum Gasteiger partial charge on any atom is -0.358 e. The van der Waals surface area contributed by atoms with Gasteiger partial charge in [0, 0.05) is 18.8 Å². The third-order valence-corrected chi connectivity index (χ3v) is 3.32. The van der Waals surface area contributed by atoms with Crippen molar-refractivity contribution in [3.63, 3.8) is 0 Å². The number of rotatable bonds is 6. The van der Waals surface area contributed by atoms with Crippen LogP contribution in [-0.4, -0.2) is 19.0 Å². The van der Waals surface area contributed by atoms with Crippen LogP contribution in [0, 0.1) is 6.92 Å². The monoisotopic (exact) mass is 282 g/mol. The van der Waals surface area contributed by atoms with Gasteiger partial charge in [-0.1, -0.05) is 48.0 Å². The topological polar surface area (TPSA) is 32.3 Å². The summed E-state index contributed by atoms with van der Waals surface area (Å²) in [5.41, 5.74) is 3.48. The maximum Gasteiger partial charge on any atom is 0.239 e. The Labute approximate surface area is 126 Å². The lowest BCUT2D eigenvalue weighted by atomic mass is 10.1. The Bertz CT molecular complexity index is 564. The van der Waals surface area contributed by atoms with Crippen LogP contribution in [0.2, 0.25) is 0 Å². The Balaban J connectivity index is 2.17. The lowest BCUT2D eigenvalue weighted by Crippen LogP contribution is -2.36. The van der Waals surface area contributed by atoms with E-state index in [2.05, 4.69) is 53.5 Å². The summed E-state index contributed by atoms with van der Waals surface area (Å²) in [7, 11) is 0. The van der Waals surface area contributed by atoms with Gasteiger partial charge in [0.2, 0.25) is 5.91 Å². The molecule has 3 heteroatoms. The zero-order valence-electron chi connectivity index (χ0n) is 12.7. The van der Waals surface area contributed by atoms with Gasteiger partial charge in [0.25, 0.3) is 0 Å². The number of nitrogens with one attached hydrogen (secondary N) is 1. The van der Waals surface area contributed by atoms with Crippen molar-refractivity contribution in [2.45, 2.75) is 20.4 Å². The van der Waals surface area contributed by atoms with Crippen molar-refractivity contribution in [3.8, 4) is 0 Å². The largest absolute Gasteiger partial charge is 0.358 e. The number of hydrogen-bond donors (Lipinski definition) is 1. The summed E-state index contributed by atoms with van der Waals surface area (Å²) in [4.78, 5) is 14.0. The summed E-state index contributed by atoms with van der Waals surface area (Å²) >= 11 is 0. The van der Waals surface area contributed by atoms with Gasteiger partial charge in [-0.15, -0.1) is 0 Å². The van der Waals surface area contributed by atoms with Gasteiger partial charge in [-0.25, -0.2) is 0 Å². The molecule has 0 bridgehead atoms. The molecule has 3 nitrogen and oxygen atoms in total. The molecule has 0 aliphatic carbocycles. The van der Waals surface area contributed by atoms with E-state index in [1.54, 1.807) is 0 Å². The van der Waals surface area contributed by atoms with E-state index in [1.165, 1.54) is 11.1 Å². The number of nitrogens with zero attached hydrogens (tertiary/aromatic N) is 1. The average Bonchev–Trinajstić information content (AvgIpc) is 2.49. The summed E-state index contributed by atoms with van der Waals surface area (Å²) in [6.45, 7) is 5.75. The fourth-order valence-electron chi connectivity index (χ4n) is 2.22. The molecule has 0 atom stereocenters. The van der Waals surface area contributed by atoms with Crippen LogP contribution in [0.5, 0.6) is 0 Å². The summed E-state index contributed by atoms with van der Waals surface area (Å²) in [5, 5.41) is 2.86. The predicted octanol–water partition coefficient (Wildman–Crippen LogP) is 3.14. The quantitative estimate of drug-likeness (QED) is 0.883. The molecule has 0 aliphatic rings. The molecule has 1 N–H and O–H groups in total. The summed E-state index contributed by atoms with van der Waals surface area (Å²) in [5.74, 6) is 0.0500. The van der Waals surface area contributed by atoms with Crippen molar-refractivity contribution in [1.82, 2.24) is 5.32 Å². The molecule has 0 radical (unpaired) electrons. The third-order valence-electron chi connectivity index (χ3n) is 3.32. The van der Waals surface area contributed by atoms with Crippen molar-refractivity contribution in [2.24, 2.45) is 0 Å². The number of carbonyl (C=O) groups is 1. The van der Waals surface area contributed by atoms with Crippen LogP contribution in [0.15, 0.2) is 54.6 Å². The van der Waals surface area contributed by atoms with E-state index in [4.69, 9.17) is 0 Å². The van der Waals surface area contributed by atoms with E-state index in [0.29, 0.717) is 13.1 Å². The highest BCUT2D eigenvalue weighted by molar-refractivity contribution is 5.81. The smallest absolute Gasteiger partial charge is 0.239 e. The fraction of sp³-hybridized carbons (Fsp3) is 0.278. The number of likely N-dealkylation sites (N-methyl/N-ethyl adjacent to an activating group) is 1. The zero-order valence-corrected chi connectivity index (χ0v) is 12.7. The number of hydrogen-bond acceptors (Lipinski definition) is 2. The van der Waals surface area contributed by atoms with Crippen LogP contribution in [0.4, 0.5) is 5.69 Å². The summed E-state index contributed by atoms with van der Waals surface area (Å²) < 4.78 is 0. The summed E-state index contributed by atoms with van der Waals surface area (Å²) in [6, 6.07) is 18.5. The molecule has 0 spiro atoms. The van der Waals surface area contributed by atoms with Crippen LogP contribution in [0.1, 0.15) is 18.1 Å². The van der Waals surface area contributed by atoms with Gasteiger partial charge in [0.1, 0.15) is 0 Å². The lowest BCUT2D eigenvalue weighted by Gasteiger charge is -2.24. The maximum absolute atomic E-state index is 11.9. The summed E-state index contributed by atoms with van der Waals surface area (Å²) in [6.07, 6.45) is 0. The van der Waals surface area contributed by atoms with Gasteiger partial charge in [-0.05, 0) is 31.5 Å². The third kappa shape index (κ3) is 4.63. The standard InChI is InChI=1S/C18H22N2O/c1-3-19-18(21)14-20(13-16-7-5-4-6-8-16)17-11-9-15(2)10-12-17/h4-12H,3,13-14H2,1-2H3,(H,19,21). The first kappa shape index (κ1) is 15.1. The van der Waals surface area contributed by atoms with E-state index in [0.717, 1.165) is 12.2 Å². The Kier molecular flexibility index (Phi) is 5.38. The molecule has 0 aliphatic heterocycles. The van der Waals surface area contributed by atoms with Crippen molar-refractivity contribution in [1.29, 1.82) is 0 Å². The first-order valence-corrected chi connectivity index (χ1v) is 7.31. The van der Waals surface area contributed by atoms with Gasteiger partial charge in [0.15, 0.2) is 0 Å². The molecule has 0 heterocycles. The number of amides is 1. The van der Waals surface area contributed by atoms with E-state index in [1.807, 2.05) is 25.1 Å². The number of benzene rings is 2. The fourth-order valence-corrected chi connectivity index (χ4v) is 2.22. The normalized spacial score (nSPS) is 10.2. The van der Waals surface area contributed by atoms with Crippen LogP contribution in [0.3, 0.4) is 0 Å². The number of aryl methyl sites for hydroxylation is 1. The molecule has 0 unspecified atom stereocenters. The lowest BCUT2D eigenvalue weighted by molar-refractivity contribution is -0.119. The molecule has 2 rings (SSSR count). The number of anilines is 1. The van der Waals surface area contributed by atoms with Crippen molar-refractivity contribution >= 4 is 11.6 Å². The Morgan fingerprint density at radius 2 is 1.71 bits per heavy atom. The van der Waals surface area contributed by atoms with E-state index in [9.17, 15) is 4.79 Å². The van der Waals surface area contributed by atoms with Crippen LogP contribution >= 0.6 is 0 Å². The highest BCUT2D eigenvalue weighted by Crippen LogP contribution is 2.17. The molecule has 2 aromatic carbocycles. The van der Waals surface area contributed by atoms with Crippen LogP contribution < -0.4 is 10.2 Å². The first-order chi connectivity index (χ1) is 10.2.